The van der Waals surface area contributed by atoms with Gasteiger partial charge in [0.2, 0.25) is 5.91 Å². The van der Waals surface area contributed by atoms with Gasteiger partial charge in [0, 0.05) is 80.8 Å². The highest BCUT2D eigenvalue weighted by atomic mass is 32.1. The number of nitrogens with zero attached hydrogens (tertiary/aromatic N) is 8. The number of amides is 5. The van der Waals surface area contributed by atoms with Crippen LogP contribution in [0.25, 0.3) is 10.9 Å². The molecule has 342 valence electrons. The maximum absolute atomic E-state index is 14.0. The molecule has 13 nitrogen and oxygen atoms in total. The fourth-order valence-corrected chi connectivity index (χ4v) is 10.4. The van der Waals surface area contributed by atoms with Crippen molar-refractivity contribution in [1.29, 1.82) is 5.26 Å². The average molecular weight is 910 g/mol. The minimum Gasteiger partial charge on any atom is -0.372 e. The van der Waals surface area contributed by atoms with Crippen LogP contribution in [0.15, 0.2) is 66.9 Å². The number of alkyl halides is 3. The summed E-state index contributed by atoms with van der Waals surface area (Å²) in [5.74, 6) is 0.0470. The van der Waals surface area contributed by atoms with Crippen LogP contribution in [0.5, 0.6) is 0 Å². The molecule has 5 amide bonds. The molecule has 4 aliphatic heterocycles. The summed E-state index contributed by atoms with van der Waals surface area (Å²) >= 11 is 5.73. The van der Waals surface area contributed by atoms with E-state index in [9.17, 15) is 37.6 Å². The van der Waals surface area contributed by atoms with Gasteiger partial charge in [0.25, 0.3) is 11.8 Å². The lowest BCUT2D eigenvalue weighted by Crippen LogP contribution is -2.49. The van der Waals surface area contributed by atoms with E-state index in [1.807, 2.05) is 49.6 Å². The molecule has 4 fully saturated rings. The number of hydrogen-bond donors (Lipinski definition) is 1. The minimum atomic E-state index is -4.78. The number of hydrogen-bond acceptors (Lipinski definition) is 8. The van der Waals surface area contributed by atoms with Gasteiger partial charge in [0.15, 0.2) is 5.11 Å². The van der Waals surface area contributed by atoms with Crippen molar-refractivity contribution in [3.05, 3.63) is 83.6 Å². The Balaban J connectivity index is 0.834. The van der Waals surface area contributed by atoms with Crippen molar-refractivity contribution in [3.8, 4) is 6.07 Å². The number of anilines is 4. The molecule has 0 spiro atoms. The zero-order chi connectivity index (χ0) is 46.5. The van der Waals surface area contributed by atoms with Gasteiger partial charge in [0.05, 0.1) is 34.1 Å². The molecular weight excluding hydrogens is 856 g/mol. The summed E-state index contributed by atoms with van der Waals surface area (Å²) in [6, 6.07) is 17.9. The number of aromatic nitrogens is 1. The summed E-state index contributed by atoms with van der Waals surface area (Å²) in [6.45, 7) is 13.2. The van der Waals surface area contributed by atoms with Crippen molar-refractivity contribution in [2.45, 2.75) is 77.6 Å². The lowest BCUT2D eigenvalue weighted by Gasteiger charge is -2.39. The summed E-state index contributed by atoms with van der Waals surface area (Å²) in [6.07, 6.45) is 1.46. The number of nitrogens with one attached hydrogen (secondary N) is 1. The predicted octanol–water partition coefficient (Wildman–Crippen LogP) is 8.18. The van der Waals surface area contributed by atoms with Gasteiger partial charge in [-0.25, -0.2) is 4.79 Å². The Kier molecular flexibility index (Phi) is 12.5. The zero-order valence-electron chi connectivity index (χ0n) is 37.3. The average Bonchev–Trinajstić information content (AvgIpc) is 3.78. The lowest BCUT2D eigenvalue weighted by molar-refractivity contribution is -0.137. The molecule has 4 aliphatic rings. The van der Waals surface area contributed by atoms with E-state index < -0.39 is 34.8 Å². The van der Waals surface area contributed by atoms with E-state index in [1.165, 1.54) is 6.07 Å². The lowest BCUT2D eigenvalue weighted by atomic mass is 9.92. The van der Waals surface area contributed by atoms with Crippen molar-refractivity contribution in [2.75, 3.05) is 72.5 Å². The number of urea groups is 1. The number of rotatable bonds is 10. The van der Waals surface area contributed by atoms with Gasteiger partial charge in [0.1, 0.15) is 5.54 Å². The van der Waals surface area contributed by atoms with Crippen molar-refractivity contribution in [3.63, 3.8) is 0 Å². The Labute approximate surface area is 382 Å². The van der Waals surface area contributed by atoms with Gasteiger partial charge in [-0.05, 0) is 151 Å². The molecule has 0 unspecified atom stereocenters. The van der Waals surface area contributed by atoms with E-state index in [4.69, 9.17) is 12.2 Å². The molecule has 5 heterocycles. The van der Waals surface area contributed by atoms with Gasteiger partial charge in [-0.3, -0.25) is 29.5 Å². The number of fused-ring (bicyclic) bond motifs is 1. The number of halogens is 3. The number of carbonyl (C=O) groups excluding carboxylic acids is 4. The molecule has 0 radical (unpaired) electrons. The molecule has 8 rings (SSSR count). The Bertz CT molecular complexity index is 2570. The predicted molar refractivity (Wildman–Crippen MR) is 248 cm³/mol. The second kappa shape index (κ2) is 17.8. The van der Waals surface area contributed by atoms with Crippen LogP contribution in [0.3, 0.4) is 0 Å². The Morgan fingerprint density at radius 3 is 2.18 bits per heavy atom. The molecule has 3 aromatic carbocycles. The topological polar surface area (TPSA) is 128 Å². The molecule has 4 saturated heterocycles. The SMILES string of the molecule is CC(C)n1ccc2c(N3CCC(=O)NC3=O)cc(C(=O)N(C)CC3CCN(CC4CCN(c5ccc(N6C(=S)N(c7ccc(C#N)c(C(F)(F)F)c7)C(=O)C6(C)C)cc5)CC4)CC3)cc21. The summed E-state index contributed by atoms with van der Waals surface area (Å²) in [5.41, 5.74) is 0.821. The van der Waals surface area contributed by atoms with Crippen molar-refractivity contribution in [1.82, 2.24) is 19.7 Å². The van der Waals surface area contributed by atoms with E-state index in [0.29, 0.717) is 35.3 Å². The Morgan fingerprint density at radius 1 is 0.908 bits per heavy atom. The molecule has 0 bridgehead atoms. The van der Waals surface area contributed by atoms with Crippen LogP contribution in [-0.2, 0) is 15.8 Å². The number of thiocarbonyl (C=S) groups is 1. The normalized spacial score (nSPS) is 19.1. The van der Waals surface area contributed by atoms with Crippen LogP contribution in [-0.4, -0.2) is 102 Å². The fourth-order valence-electron chi connectivity index (χ4n) is 9.89. The third-order valence-electron chi connectivity index (χ3n) is 13.5. The quantitative estimate of drug-likeness (QED) is 0.157. The molecule has 1 aromatic heterocycles. The highest BCUT2D eigenvalue weighted by Crippen LogP contribution is 2.41. The van der Waals surface area contributed by atoms with E-state index in [-0.39, 0.29) is 41.6 Å². The number of benzene rings is 3. The van der Waals surface area contributed by atoms with Gasteiger partial charge in [-0.1, -0.05) is 0 Å². The largest absolute Gasteiger partial charge is 0.417 e. The molecule has 17 heteroatoms. The van der Waals surface area contributed by atoms with Gasteiger partial charge >= 0.3 is 12.2 Å². The van der Waals surface area contributed by atoms with Crippen molar-refractivity contribution < 1.29 is 32.3 Å². The van der Waals surface area contributed by atoms with Crippen LogP contribution < -0.4 is 24.9 Å². The Hall–Kier alpha value is -5.99. The fraction of sp³-hybridized carbons (Fsp3) is 0.458. The second-order valence-electron chi connectivity index (χ2n) is 18.5. The number of piperidine rings is 2. The number of nitriles is 1. The standard InChI is InChI=1S/C48H54F3N9O4S/c1-30(2)57-22-16-38-40(57)24-34(25-41(38)58-23-17-42(61)53-45(58)64)43(62)54(5)28-31-12-18-55(19-13-31)29-32-14-20-56(21-15-32)35-8-10-36(11-9-35)60-46(65)59(44(63)47(60,3)4)37-7-6-33(27-52)39(26-37)48(49,50)51/h6-11,16,22,24-26,30-32H,12-15,17-21,23,28-29H2,1-5H3,(H,53,61,64). The highest BCUT2D eigenvalue weighted by molar-refractivity contribution is 7.81. The maximum atomic E-state index is 14.0. The monoisotopic (exact) mass is 909 g/mol. The summed E-state index contributed by atoms with van der Waals surface area (Å²) in [7, 11) is 1.85. The summed E-state index contributed by atoms with van der Waals surface area (Å²) < 4.78 is 43.5. The van der Waals surface area contributed by atoms with Crippen LogP contribution in [0.4, 0.5) is 40.7 Å². The molecule has 65 heavy (non-hydrogen) atoms. The first kappa shape index (κ1) is 45.6. The van der Waals surface area contributed by atoms with E-state index in [0.717, 1.165) is 92.0 Å². The highest BCUT2D eigenvalue weighted by Gasteiger charge is 2.51. The molecule has 1 N–H and O–H groups in total. The van der Waals surface area contributed by atoms with Crippen molar-refractivity contribution in [2.24, 2.45) is 11.8 Å². The maximum Gasteiger partial charge on any atom is 0.417 e. The number of carbonyl (C=O) groups is 4. The van der Waals surface area contributed by atoms with Crippen molar-refractivity contribution >= 4 is 74.7 Å². The third-order valence-corrected chi connectivity index (χ3v) is 13.9. The van der Waals surface area contributed by atoms with Crippen LogP contribution in [0, 0.1) is 23.2 Å². The van der Waals surface area contributed by atoms with E-state index >= 15 is 0 Å². The molecular formula is C48H54F3N9O4S. The van der Waals surface area contributed by atoms with Crippen LogP contribution in [0.2, 0.25) is 0 Å². The summed E-state index contributed by atoms with van der Waals surface area (Å²) in [4.78, 5) is 63.5. The smallest absolute Gasteiger partial charge is 0.372 e. The van der Waals surface area contributed by atoms with Crippen LogP contribution in [0.1, 0.15) is 87.3 Å². The van der Waals surface area contributed by atoms with Gasteiger partial charge < -0.3 is 24.2 Å². The molecule has 0 aliphatic carbocycles. The number of likely N-dealkylation sites (tertiary alicyclic amines) is 1. The number of imide groups is 1. The van der Waals surface area contributed by atoms with E-state index in [2.05, 4.69) is 33.5 Å². The van der Waals surface area contributed by atoms with Crippen LogP contribution >= 0.6 is 12.2 Å². The second-order valence-corrected chi connectivity index (χ2v) is 18.9. The summed E-state index contributed by atoms with van der Waals surface area (Å²) in [5, 5.41) is 12.6. The van der Waals surface area contributed by atoms with Gasteiger partial charge in [-0.15, -0.1) is 0 Å². The Morgan fingerprint density at radius 2 is 1.55 bits per heavy atom. The molecule has 0 saturated carbocycles. The molecule has 0 atom stereocenters. The third kappa shape index (κ3) is 8.90. The molecule has 4 aromatic rings. The minimum absolute atomic E-state index is 0.0452. The zero-order valence-corrected chi connectivity index (χ0v) is 38.1. The van der Waals surface area contributed by atoms with Gasteiger partial charge in [-0.2, -0.15) is 18.4 Å². The first-order chi connectivity index (χ1) is 30.8. The van der Waals surface area contributed by atoms with E-state index in [1.54, 1.807) is 40.7 Å². The first-order valence-electron chi connectivity index (χ1n) is 22.2. The first-order valence-corrected chi connectivity index (χ1v) is 22.7.